The smallest absolute Gasteiger partial charge is 0.416 e. The molecule has 0 radical (unpaired) electrons. The number of hydrogen-bond donors (Lipinski definition) is 0. The summed E-state index contributed by atoms with van der Waals surface area (Å²) < 4.78 is 56.7. The highest BCUT2D eigenvalue weighted by Crippen LogP contribution is 2.39. The van der Waals surface area contributed by atoms with Crippen LogP contribution in [-0.4, -0.2) is 38.2 Å². The molecule has 4 aromatic rings. The molecule has 0 aromatic heterocycles. The van der Waals surface area contributed by atoms with Gasteiger partial charge in [-0.25, -0.2) is 0 Å². The minimum absolute atomic E-state index is 0.0227. The Bertz CT molecular complexity index is 1500. The second-order valence-electron chi connectivity index (χ2n) is 9.41. The summed E-state index contributed by atoms with van der Waals surface area (Å²) in [5, 5.41) is 2.06. The van der Waals surface area contributed by atoms with Crippen molar-refractivity contribution in [3.8, 4) is 17.2 Å². The van der Waals surface area contributed by atoms with Crippen molar-refractivity contribution in [2.75, 3.05) is 27.4 Å². The topological polar surface area (TPSA) is 48.0 Å². The Balaban J connectivity index is 1.48. The number of benzene rings is 4. The van der Waals surface area contributed by atoms with Crippen molar-refractivity contribution in [2.45, 2.75) is 25.1 Å². The molecule has 8 heteroatoms. The van der Waals surface area contributed by atoms with E-state index in [1.807, 2.05) is 54.6 Å². The molecule has 39 heavy (non-hydrogen) atoms. The third-order valence-electron chi connectivity index (χ3n) is 7.11. The van der Waals surface area contributed by atoms with Gasteiger partial charge in [-0.1, -0.05) is 48.5 Å². The third-order valence-corrected chi connectivity index (χ3v) is 7.11. The largest absolute Gasteiger partial charge is 0.493 e. The van der Waals surface area contributed by atoms with Crippen LogP contribution in [0.3, 0.4) is 0 Å². The van der Waals surface area contributed by atoms with Crippen molar-refractivity contribution in [1.82, 2.24) is 4.90 Å². The number of carbonyl (C=O) groups excluding carboxylic acids is 1. The SMILES string of the molecule is COc1cc2c(cc1OC)C(COc1cccc(C(F)(F)F)c1)N(C(=O)Cc1cccc3ccccc13)CC2. The molecule has 1 unspecified atom stereocenters. The van der Waals surface area contributed by atoms with Gasteiger partial charge in [0.1, 0.15) is 12.4 Å². The summed E-state index contributed by atoms with van der Waals surface area (Å²) in [4.78, 5) is 15.5. The molecule has 1 amide bonds. The fraction of sp³-hybridized carbons (Fsp3) is 0.258. The Labute approximate surface area is 224 Å². The normalized spacial score (nSPS) is 15.1. The van der Waals surface area contributed by atoms with Crippen molar-refractivity contribution in [2.24, 2.45) is 0 Å². The highest BCUT2D eigenvalue weighted by molar-refractivity contribution is 5.90. The Morgan fingerprint density at radius 1 is 0.923 bits per heavy atom. The summed E-state index contributed by atoms with van der Waals surface area (Å²) in [6, 6.07) is 21.7. The summed E-state index contributed by atoms with van der Waals surface area (Å²) in [6.45, 7) is 0.410. The van der Waals surface area contributed by atoms with Crippen LogP contribution in [0.25, 0.3) is 10.8 Å². The van der Waals surface area contributed by atoms with Gasteiger partial charge in [0.2, 0.25) is 5.91 Å². The van der Waals surface area contributed by atoms with E-state index in [9.17, 15) is 18.0 Å². The molecule has 5 nitrogen and oxygen atoms in total. The van der Waals surface area contributed by atoms with Crippen LogP contribution in [0.2, 0.25) is 0 Å². The van der Waals surface area contributed by atoms with E-state index in [1.54, 1.807) is 12.0 Å². The molecule has 1 aliphatic rings. The molecule has 4 aromatic carbocycles. The molecule has 5 rings (SSSR count). The number of nitrogens with zero attached hydrogens (tertiary/aromatic N) is 1. The molecule has 1 aliphatic heterocycles. The molecule has 0 fully saturated rings. The Hall–Kier alpha value is -4.20. The molecule has 0 saturated carbocycles. The standard InChI is InChI=1S/C31H28F3NO4/c1-37-28-15-22-13-14-35(30(36)16-21-9-5-8-20-7-3-4-12-25(20)21)27(26(22)18-29(28)38-2)19-39-24-11-6-10-23(17-24)31(32,33)34/h3-12,15,17-18,27H,13-14,16,19H2,1-2H3. The van der Waals surface area contributed by atoms with Gasteiger partial charge >= 0.3 is 6.18 Å². The summed E-state index contributed by atoms with van der Waals surface area (Å²) in [5.74, 6) is 1.07. The molecule has 0 saturated heterocycles. The van der Waals surface area contributed by atoms with Gasteiger partial charge in [-0.15, -0.1) is 0 Å². The number of alkyl halides is 3. The third kappa shape index (κ3) is 5.50. The Morgan fingerprint density at radius 2 is 1.64 bits per heavy atom. The van der Waals surface area contributed by atoms with Gasteiger partial charge in [0.15, 0.2) is 11.5 Å². The van der Waals surface area contributed by atoms with Crippen molar-refractivity contribution < 1.29 is 32.2 Å². The van der Waals surface area contributed by atoms with E-state index >= 15 is 0 Å². The maximum absolute atomic E-state index is 13.8. The van der Waals surface area contributed by atoms with Crippen LogP contribution < -0.4 is 14.2 Å². The quantitative estimate of drug-likeness (QED) is 0.267. The van der Waals surface area contributed by atoms with Crippen LogP contribution in [0.15, 0.2) is 78.9 Å². The molecule has 0 bridgehead atoms. The average molecular weight is 536 g/mol. The molecular weight excluding hydrogens is 507 g/mol. The summed E-state index contributed by atoms with van der Waals surface area (Å²) in [7, 11) is 3.09. The van der Waals surface area contributed by atoms with Gasteiger partial charge in [0.25, 0.3) is 0 Å². The zero-order chi connectivity index (χ0) is 27.6. The van der Waals surface area contributed by atoms with E-state index in [-0.39, 0.29) is 24.7 Å². The average Bonchev–Trinajstić information content (AvgIpc) is 2.94. The minimum Gasteiger partial charge on any atom is -0.493 e. The first-order valence-electron chi connectivity index (χ1n) is 12.6. The fourth-order valence-electron chi connectivity index (χ4n) is 5.15. The first kappa shape index (κ1) is 26.4. The second kappa shape index (κ2) is 10.9. The molecule has 1 atom stereocenters. The number of carbonyl (C=O) groups is 1. The molecule has 0 spiro atoms. The zero-order valence-electron chi connectivity index (χ0n) is 21.6. The summed E-state index contributed by atoms with van der Waals surface area (Å²) in [6.07, 6.45) is -3.71. The van der Waals surface area contributed by atoms with Gasteiger partial charge in [0.05, 0.1) is 32.2 Å². The molecular formula is C31H28F3NO4. The maximum atomic E-state index is 13.8. The predicted octanol–water partition coefficient (Wildman–Crippen LogP) is 6.62. The van der Waals surface area contributed by atoms with Crippen LogP contribution in [0.1, 0.15) is 28.3 Å². The number of methoxy groups -OCH3 is 2. The summed E-state index contributed by atoms with van der Waals surface area (Å²) in [5.41, 5.74) is 1.91. The van der Waals surface area contributed by atoms with Crippen molar-refractivity contribution in [3.05, 3.63) is 101 Å². The van der Waals surface area contributed by atoms with Gasteiger partial charge in [-0.05, 0) is 64.2 Å². The van der Waals surface area contributed by atoms with Crippen molar-refractivity contribution in [1.29, 1.82) is 0 Å². The van der Waals surface area contributed by atoms with E-state index in [0.29, 0.717) is 24.5 Å². The fourth-order valence-corrected chi connectivity index (χ4v) is 5.15. The van der Waals surface area contributed by atoms with Gasteiger partial charge in [-0.3, -0.25) is 4.79 Å². The number of amides is 1. The highest BCUT2D eigenvalue weighted by atomic mass is 19.4. The van der Waals surface area contributed by atoms with Crippen LogP contribution >= 0.6 is 0 Å². The lowest BCUT2D eigenvalue weighted by Gasteiger charge is -2.38. The lowest BCUT2D eigenvalue weighted by molar-refractivity contribution is -0.137. The van der Waals surface area contributed by atoms with E-state index < -0.39 is 17.8 Å². The van der Waals surface area contributed by atoms with Crippen LogP contribution in [0.5, 0.6) is 17.2 Å². The van der Waals surface area contributed by atoms with Gasteiger partial charge in [0, 0.05) is 6.54 Å². The molecule has 0 aliphatic carbocycles. The van der Waals surface area contributed by atoms with Crippen molar-refractivity contribution in [3.63, 3.8) is 0 Å². The van der Waals surface area contributed by atoms with Crippen LogP contribution in [0.4, 0.5) is 13.2 Å². The van der Waals surface area contributed by atoms with E-state index in [4.69, 9.17) is 14.2 Å². The van der Waals surface area contributed by atoms with Crippen LogP contribution in [-0.2, 0) is 23.8 Å². The van der Waals surface area contributed by atoms with E-state index in [0.717, 1.165) is 39.6 Å². The lowest BCUT2D eigenvalue weighted by atomic mass is 9.91. The maximum Gasteiger partial charge on any atom is 0.416 e. The monoisotopic (exact) mass is 535 g/mol. The molecule has 202 valence electrons. The second-order valence-corrected chi connectivity index (χ2v) is 9.41. The van der Waals surface area contributed by atoms with Crippen molar-refractivity contribution >= 4 is 16.7 Å². The first-order chi connectivity index (χ1) is 18.8. The number of rotatable bonds is 7. The number of halogens is 3. The number of ether oxygens (including phenoxy) is 3. The highest BCUT2D eigenvalue weighted by Gasteiger charge is 2.34. The summed E-state index contributed by atoms with van der Waals surface area (Å²) >= 11 is 0. The van der Waals surface area contributed by atoms with E-state index in [2.05, 4.69) is 0 Å². The minimum atomic E-state index is -4.48. The molecule has 0 N–H and O–H groups in total. The first-order valence-corrected chi connectivity index (χ1v) is 12.6. The van der Waals surface area contributed by atoms with Gasteiger partial charge < -0.3 is 19.1 Å². The predicted molar refractivity (Wildman–Crippen MR) is 142 cm³/mol. The number of hydrogen-bond acceptors (Lipinski definition) is 4. The lowest BCUT2D eigenvalue weighted by Crippen LogP contribution is -2.43. The Morgan fingerprint density at radius 3 is 2.41 bits per heavy atom. The Kier molecular flexibility index (Phi) is 7.37. The van der Waals surface area contributed by atoms with E-state index in [1.165, 1.54) is 19.2 Å². The van der Waals surface area contributed by atoms with Crippen LogP contribution in [0, 0.1) is 0 Å². The van der Waals surface area contributed by atoms with Gasteiger partial charge in [-0.2, -0.15) is 13.2 Å². The molecule has 1 heterocycles. The number of fused-ring (bicyclic) bond motifs is 2. The zero-order valence-corrected chi connectivity index (χ0v) is 21.6.